The van der Waals surface area contributed by atoms with Gasteiger partial charge in [-0.15, -0.1) is 0 Å². The Morgan fingerprint density at radius 1 is 1.26 bits per heavy atom. The highest BCUT2D eigenvalue weighted by atomic mass is 35.5. The highest BCUT2D eigenvalue weighted by Gasteiger charge is 2.35. The van der Waals surface area contributed by atoms with Gasteiger partial charge < -0.3 is 5.32 Å². The second-order valence-electron chi connectivity index (χ2n) is 5.06. The number of hydrogen-bond donors (Lipinski definition) is 1. The summed E-state index contributed by atoms with van der Waals surface area (Å²) in [4.78, 5) is 11.8. The molecule has 1 aromatic carbocycles. The van der Waals surface area contributed by atoms with Gasteiger partial charge in [-0.25, -0.2) is 8.78 Å². The molecule has 0 aliphatic heterocycles. The van der Waals surface area contributed by atoms with Crippen molar-refractivity contribution in [2.45, 2.75) is 38.0 Å². The number of nitrogens with one attached hydrogen (secondary N) is 1. The number of rotatable bonds is 3. The van der Waals surface area contributed by atoms with E-state index in [1.54, 1.807) is 24.3 Å². The van der Waals surface area contributed by atoms with Crippen LogP contribution in [0.5, 0.6) is 0 Å². The lowest BCUT2D eigenvalue weighted by Crippen LogP contribution is -2.27. The Balaban J connectivity index is 1.80. The number of hydrogen-bond acceptors (Lipinski definition) is 1. The van der Waals surface area contributed by atoms with E-state index in [2.05, 4.69) is 5.32 Å². The molecule has 1 fully saturated rings. The summed E-state index contributed by atoms with van der Waals surface area (Å²) in [5.41, 5.74) is 0.676. The summed E-state index contributed by atoms with van der Waals surface area (Å²) in [7, 11) is 0. The summed E-state index contributed by atoms with van der Waals surface area (Å²) in [5.74, 6) is -2.60. The van der Waals surface area contributed by atoms with Crippen molar-refractivity contribution >= 4 is 23.2 Å². The third-order valence-corrected chi connectivity index (χ3v) is 3.69. The molecule has 0 heterocycles. The van der Waals surface area contributed by atoms with Crippen LogP contribution in [0.2, 0.25) is 5.02 Å². The van der Waals surface area contributed by atoms with Gasteiger partial charge in [0, 0.05) is 30.0 Å². The Morgan fingerprint density at radius 2 is 1.84 bits per heavy atom. The maximum Gasteiger partial charge on any atom is 0.248 e. The molecule has 5 heteroatoms. The molecule has 0 atom stereocenters. The Hall–Kier alpha value is -1.16. The minimum atomic E-state index is -2.54. The van der Waals surface area contributed by atoms with Crippen molar-refractivity contribution in [1.29, 1.82) is 0 Å². The molecule has 1 aliphatic carbocycles. The van der Waals surface area contributed by atoms with Crippen molar-refractivity contribution in [2.75, 3.05) is 5.32 Å². The third-order valence-electron chi connectivity index (χ3n) is 3.44. The lowest BCUT2D eigenvalue weighted by atomic mass is 9.84. The largest absolute Gasteiger partial charge is 0.326 e. The van der Waals surface area contributed by atoms with E-state index in [1.165, 1.54) is 0 Å². The number of alkyl halides is 2. The number of halogens is 3. The van der Waals surface area contributed by atoms with E-state index >= 15 is 0 Å². The molecule has 0 aromatic heterocycles. The second-order valence-corrected chi connectivity index (χ2v) is 5.49. The summed E-state index contributed by atoms with van der Waals surface area (Å²) in [6.45, 7) is 0. The number of benzene rings is 1. The van der Waals surface area contributed by atoms with Crippen LogP contribution in [0.15, 0.2) is 24.3 Å². The molecule has 0 bridgehead atoms. The molecule has 1 aromatic rings. The Morgan fingerprint density at radius 3 is 2.42 bits per heavy atom. The Bertz CT molecular complexity index is 437. The van der Waals surface area contributed by atoms with Gasteiger partial charge >= 0.3 is 0 Å². The Labute approximate surface area is 116 Å². The maximum atomic E-state index is 13.0. The summed E-state index contributed by atoms with van der Waals surface area (Å²) < 4.78 is 26.0. The van der Waals surface area contributed by atoms with E-state index in [4.69, 9.17) is 11.6 Å². The minimum absolute atomic E-state index is 0.0620. The highest BCUT2D eigenvalue weighted by molar-refractivity contribution is 6.30. The Kier molecular flexibility index (Phi) is 4.40. The van der Waals surface area contributed by atoms with E-state index in [1.807, 2.05) is 0 Å². The summed E-state index contributed by atoms with van der Waals surface area (Å²) >= 11 is 5.75. The van der Waals surface area contributed by atoms with Crippen LogP contribution in [0.1, 0.15) is 32.1 Å². The van der Waals surface area contributed by atoms with Crippen molar-refractivity contribution in [1.82, 2.24) is 0 Å². The van der Waals surface area contributed by atoms with Gasteiger partial charge in [0.2, 0.25) is 11.8 Å². The molecule has 0 unspecified atom stereocenters. The minimum Gasteiger partial charge on any atom is -0.326 e. The monoisotopic (exact) mass is 287 g/mol. The van der Waals surface area contributed by atoms with Crippen LogP contribution >= 0.6 is 11.6 Å². The van der Waals surface area contributed by atoms with Crippen molar-refractivity contribution in [3.63, 3.8) is 0 Å². The summed E-state index contributed by atoms with van der Waals surface area (Å²) in [5, 5.41) is 3.36. The number of carbonyl (C=O) groups excluding carboxylic acids is 1. The predicted molar refractivity (Wildman–Crippen MR) is 71.6 cm³/mol. The van der Waals surface area contributed by atoms with Gasteiger partial charge in [-0.05, 0) is 43.0 Å². The van der Waals surface area contributed by atoms with Crippen molar-refractivity contribution < 1.29 is 13.6 Å². The molecule has 2 nitrogen and oxygen atoms in total. The molecule has 0 spiro atoms. The van der Waals surface area contributed by atoms with E-state index in [9.17, 15) is 13.6 Å². The van der Waals surface area contributed by atoms with Crippen LogP contribution in [0.3, 0.4) is 0 Å². The first-order valence-corrected chi connectivity index (χ1v) is 6.76. The van der Waals surface area contributed by atoms with Crippen LogP contribution in [0.4, 0.5) is 14.5 Å². The summed E-state index contributed by atoms with van der Waals surface area (Å²) in [6, 6.07) is 6.82. The standard InChI is InChI=1S/C14H16ClF2NO/c15-11-1-3-12(4-2-11)18-13(19)9-10-5-7-14(16,17)8-6-10/h1-4,10H,5-9H2,(H,18,19). The van der Waals surface area contributed by atoms with Crippen LogP contribution in [0.25, 0.3) is 0 Å². The topological polar surface area (TPSA) is 29.1 Å². The maximum absolute atomic E-state index is 13.0. The number of amides is 1. The quantitative estimate of drug-likeness (QED) is 0.871. The van der Waals surface area contributed by atoms with Gasteiger partial charge in [-0.2, -0.15) is 0 Å². The molecule has 1 N–H and O–H groups in total. The van der Waals surface area contributed by atoms with Gasteiger partial charge in [0.15, 0.2) is 0 Å². The molecule has 104 valence electrons. The smallest absolute Gasteiger partial charge is 0.248 e. The normalized spacial score (nSPS) is 19.1. The fraction of sp³-hybridized carbons (Fsp3) is 0.500. The molecule has 1 aliphatic rings. The van der Waals surface area contributed by atoms with Crippen molar-refractivity contribution in [2.24, 2.45) is 5.92 Å². The van der Waals surface area contributed by atoms with Crippen molar-refractivity contribution in [3.8, 4) is 0 Å². The number of carbonyl (C=O) groups is 1. The van der Waals surface area contributed by atoms with E-state index in [-0.39, 0.29) is 24.7 Å². The fourth-order valence-electron chi connectivity index (χ4n) is 2.31. The first-order chi connectivity index (χ1) is 8.94. The molecular formula is C14H16ClF2NO. The van der Waals surface area contributed by atoms with Gasteiger partial charge in [-0.1, -0.05) is 11.6 Å². The van der Waals surface area contributed by atoms with Crippen LogP contribution in [0, 0.1) is 5.92 Å². The van der Waals surface area contributed by atoms with Crippen LogP contribution in [-0.2, 0) is 4.79 Å². The zero-order chi connectivity index (χ0) is 13.9. The van der Waals surface area contributed by atoms with Gasteiger partial charge in [0.05, 0.1) is 0 Å². The molecule has 0 radical (unpaired) electrons. The summed E-state index contributed by atoms with van der Waals surface area (Å²) in [6.07, 6.45) is 0.929. The molecule has 19 heavy (non-hydrogen) atoms. The third kappa shape index (κ3) is 4.46. The molecule has 2 rings (SSSR count). The van der Waals surface area contributed by atoms with E-state index < -0.39 is 5.92 Å². The first kappa shape index (κ1) is 14.3. The molecule has 1 amide bonds. The number of anilines is 1. The van der Waals surface area contributed by atoms with E-state index in [0.29, 0.717) is 30.0 Å². The van der Waals surface area contributed by atoms with Crippen LogP contribution in [-0.4, -0.2) is 11.8 Å². The zero-order valence-electron chi connectivity index (χ0n) is 10.5. The van der Waals surface area contributed by atoms with Gasteiger partial charge in [0.1, 0.15) is 0 Å². The molecule has 1 saturated carbocycles. The molecular weight excluding hydrogens is 272 g/mol. The lowest BCUT2D eigenvalue weighted by Gasteiger charge is -2.27. The van der Waals surface area contributed by atoms with Crippen LogP contribution < -0.4 is 5.32 Å². The average Bonchev–Trinajstić information content (AvgIpc) is 2.35. The SMILES string of the molecule is O=C(CC1CCC(F)(F)CC1)Nc1ccc(Cl)cc1. The fourth-order valence-corrected chi connectivity index (χ4v) is 2.44. The average molecular weight is 288 g/mol. The van der Waals surface area contributed by atoms with Gasteiger partial charge in [0.25, 0.3) is 0 Å². The molecule has 0 saturated heterocycles. The van der Waals surface area contributed by atoms with E-state index in [0.717, 1.165) is 0 Å². The second kappa shape index (κ2) is 5.87. The predicted octanol–water partition coefficient (Wildman–Crippen LogP) is 4.49. The lowest BCUT2D eigenvalue weighted by molar-refractivity contribution is -0.118. The zero-order valence-corrected chi connectivity index (χ0v) is 11.2. The first-order valence-electron chi connectivity index (χ1n) is 6.38. The highest BCUT2D eigenvalue weighted by Crippen LogP contribution is 2.37. The van der Waals surface area contributed by atoms with Crippen molar-refractivity contribution in [3.05, 3.63) is 29.3 Å². The van der Waals surface area contributed by atoms with Gasteiger partial charge in [-0.3, -0.25) is 4.79 Å².